The van der Waals surface area contributed by atoms with Gasteiger partial charge in [-0.05, 0) is 80.6 Å². The third-order valence-electron chi connectivity index (χ3n) is 5.83. The summed E-state index contributed by atoms with van der Waals surface area (Å²) in [5, 5.41) is 3.09. The largest absolute Gasteiger partial charge is 0.481 e. The molecule has 1 saturated heterocycles. The van der Waals surface area contributed by atoms with Crippen LogP contribution in [0.1, 0.15) is 54.9 Å². The van der Waals surface area contributed by atoms with Gasteiger partial charge in [0.25, 0.3) is 5.91 Å². The number of likely N-dealkylation sites (tertiary alicyclic amines) is 1. The highest BCUT2D eigenvalue weighted by molar-refractivity contribution is 5.81. The molecular weight excluding hydrogens is 360 g/mol. The van der Waals surface area contributed by atoms with Gasteiger partial charge in [0.2, 0.25) is 0 Å². The minimum Gasteiger partial charge on any atom is -0.481 e. The molecule has 0 unspecified atom stereocenters. The fourth-order valence-electron chi connectivity index (χ4n) is 3.81. The van der Waals surface area contributed by atoms with Crippen molar-refractivity contribution >= 4 is 5.91 Å². The van der Waals surface area contributed by atoms with Crippen LogP contribution in [-0.2, 0) is 17.9 Å². The van der Waals surface area contributed by atoms with Crippen molar-refractivity contribution < 1.29 is 9.53 Å². The Hall–Kier alpha value is -2.33. The summed E-state index contributed by atoms with van der Waals surface area (Å²) in [6, 6.07) is 14.4. The second-order valence-corrected chi connectivity index (χ2v) is 8.08. The highest BCUT2D eigenvalue weighted by Gasteiger charge is 2.19. The number of rotatable bonds is 8. The quantitative estimate of drug-likeness (QED) is 0.702. The van der Waals surface area contributed by atoms with Crippen molar-refractivity contribution in [2.75, 3.05) is 13.1 Å². The molecule has 29 heavy (non-hydrogen) atoms. The van der Waals surface area contributed by atoms with Crippen LogP contribution in [0.4, 0.5) is 0 Å². The van der Waals surface area contributed by atoms with Crippen LogP contribution in [0.5, 0.6) is 5.75 Å². The van der Waals surface area contributed by atoms with E-state index in [1.165, 1.54) is 54.6 Å². The third-order valence-corrected chi connectivity index (χ3v) is 5.83. The van der Waals surface area contributed by atoms with Crippen LogP contribution >= 0.6 is 0 Å². The monoisotopic (exact) mass is 394 g/mol. The molecule has 1 amide bonds. The normalized spacial score (nSPS) is 15.7. The number of carbonyl (C=O) groups excluding carboxylic acids is 1. The van der Waals surface area contributed by atoms with Crippen molar-refractivity contribution in [1.29, 1.82) is 0 Å². The first-order chi connectivity index (χ1) is 14.1. The van der Waals surface area contributed by atoms with Gasteiger partial charge in [-0.25, -0.2) is 0 Å². The van der Waals surface area contributed by atoms with E-state index in [9.17, 15) is 4.79 Å². The minimum absolute atomic E-state index is 0.0569. The van der Waals surface area contributed by atoms with Gasteiger partial charge >= 0.3 is 0 Å². The van der Waals surface area contributed by atoms with E-state index in [4.69, 9.17) is 4.74 Å². The van der Waals surface area contributed by atoms with E-state index >= 15 is 0 Å². The Kier molecular flexibility index (Phi) is 7.70. The zero-order valence-corrected chi connectivity index (χ0v) is 18.0. The van der Waals surface area contributed by atoms with E-state index in [1.807, 2.05) is 31.2 Å². The molecule has 1 atom stereocenters. The van der Waals surface area contributed by atoms with Crippen LogP contribution in [0.3, 0.4) is 0 Å². The molecule has 0 spiro atoms. The molecular formula is C25H34N2O2. The standard InChI is InChI=1S/C25H34N2O2/c1-4-24(29-23-13-12-19(2)20(3)16-23)25(28)26-17-21-10-6-7-11-22(21)18-27-14-8-5-9-15-27/h6-7,10-13,16,24H,4-5,8-9,14-15,17-18H2,1-3H3,(H,26,28)/t24-/m1/s1. The van der Waals surface area contributed by atoms with Gasteiger partial charge in [-0.1, -0.05) is 43.7 Å². The molecule has 0 bridgehead atoms. The summed E-state index contributed by atoms with van der Waals surface area (Å²) in [6.45, 7) is 9.95. The van der Waals surface area contributed by atoms with Gasteiger partial charge in [-0.2, -0.15) is 0 Å². The zero-order valence-electron chi connectivity index (χ0n) is 18.0. The molecule has 0 aliphatic carbocycles. The summed E-state index contributed by atoms with van der Waals surface area (Å²) < 4.78 is 5.98. The van der Waals surface area contributed by atoms with Gasteiger partial charge in [0.05, 0.1) is 0 Å². The lowest BCUT2D eigenvalue weighted by molar-refractivity contribution is -0.128. The second kappa shape index (κ2) is 10.4. The molecule has 1 aliphatic heterocycles. The fraction of sp³-hybridized carbons (Fsp3) is 0.480. The van der Waals surface area contributed by atoms with Crippen LogP contribution in [0.25, 0.3) is 0 Å². The SMILES string of the molecule is CC[C@@H](Oc1ccc(C)c(C)c1)C(=O)NCc1ccccc1CN1CCCCC1. The molecule has 0 aromatic heterocycles. The molecule has 2 aromatic carbocycles. The molecule has 1 aliphatic rings. The van der Waals surface area contributed by atoms with Crippen molar-refractivity contribution in [3.8, 4) is 5.75 Å². The van der Waals surface area contributed by atoms with E-state index in [0.29, 0.717) is 13.0 Å². The predicted molar refractivity (Wildman–Crippen MR) is 118 cm³/mol. The van der Waals surface area contributed by atoms with Crippen molar-refractivity contribution in [2.24, 2.45) is 0 Å². The van der Waals surface area contributed by atoms with Crippen LogP contribution in [0.2, 0.25) is 0 Å². The lowest BCUT2D eigenvalue weighted by atomic mass is 10.0. The predicted octanol–water partition coefficient (Wildman–Crippen LogP) is 4.76. The molecule has 2 aromatic rings. The number of nitrogens with one attached hydrogen (secondary N) is 1. The number of carbonyl (C=O) groups is 1. The summed E-state index contributed by atoms with van der Waals surface area (Å²) in [7, 11) is 0. The molecule has 1 heterocycles. The van der Waals surface area contributed by atoms with E-state index in [2.05, 4.69) is 42.3 Å². The molecule has 4 nitrogen and oxygen atoms in total. The molecule has 1 fully saturated rings. The topological polar surface area (TPSA) is 41.6 Å². The lowest BCUT2D eigenvalue weighted by Gasteiger charge is -2.27. The van der Waals surface area contributed by atoms with Gasteiger partial charge in [0.15, 0.2) is 6.10 Å². The number of nitrogens with zero attached hydrogens (tertiary/aromatic N) is 1. The highest BCUT2D eigenvalue weighted by atomic mass is 16.5. The molecule has 0 saturated carbocycles. The number of hydrogen-bond donors (Lipinski definition) is 1. The average Bonchev–Trinajstić information content (AvgIpc) is 2.74. The van der Waals surface area contributed by atoms with Crippen LogP contribution in [-0.4, -0.2) is 30.0 Å². The molecule has 156 valence electrons. The number of benzene rings is 2. The number of ether oxygens (including phenoxy) is 1. The Bertz CT molecular complexity index is 812. The highest BCUT2D eigenvalue weighted by Crippen LogP contribution is 2.19. The van der Waals surface area contributed by atoms with Crippen LogP contribution in [0, 0.1) is 13.8 Å². The average molecular weight is 395 g/mol. The van der Waals surface area contributed by atoms with Crippen molar-refractivity contribution in [3.05, 3.63) is 64.7 Å². The molecule has 4 heteroatoms. The van der Waals surface area contributed by atoms with E-state index in [0.717, 1.165) is 12.3 Å². The van der Waals surface area contributed by atoms with Crippen LogP contribution in [0.15, 0.2) is 42.5 Å². The van der Waals surface area contributed by atoms with Gasteiger partial charge < -0.3 is 10.1 Å². The van der Waals surface area contributed by atoms with Gasteiger partial charge in [0.1, 0.15) is 5.75 Å². The Labute approximate surface area is 175 Å². The molecule has 1 N–H and O–H groups in total. The summed E-state index contributed by atoms with van der Waals surface area (Å²) in [4.78, 5) is 15.3. The fourth-order valence-corrected chi connectivity index (χ4v) is 3.81. The smallest absolute Gasteiger partial charge is 0.261 e. The van der Waals surface area contributed by atoms with Gasteiger partial charge in [-0.3, -0.25) is 9.69 Å². The first-order valence-electron chi connectivity index (χ1n) is 10.9. The Morgan fingerprint density at radius 3 is 2.45 bits per heavy atom. The Morgan fingerprint density at radius 1 is 1.03 bits per heavy atom. The Morgan fingerprint density at radius 2 is 1.76 bits per heavy atom. The van der Waals surface area contributed by atoms with Crippen molar-refractivity contribution in [2.45, 2.75) is 65.6 Å². The number of amides is 1. The number of piperidine rings is 1. The molecule has 0 radical (unpaired) electrons. The van der Waals surface area contributed by atoms with Gasteiger partial charge in [-0.15, -0.1) is 0 Å². The van der Waals surface area contributed by atoms with E-state index in [-0.39, 0.29) is 5.91 Å². The number of aryl methyl sites for hydroxylation is 2. The first-order valence-corrected chi connectivity index (χ1v) is 10.9. The molecule has 3 rings (SSSR count). The summed E-state index contributed by atoms with van der Waals surface area (Å²) in [6.07, 6.45) is 4.06. The summed E-state index contributed by atoms with van der Waals surface area (Å²) in [5.74, 6) is 0.694. The third kappa shape index (κ3) is 6.07. The lowest BCUT2D eigenvalue weighted by Crippen LogP contribution is -2.38. The maximum Gasteiger partial charge on any atom is 0.261 e. The number of hydrogen-bond acceptors (Lipinski definition) is 3. The summed E-state index contributed by atoms with van der Waals surface area (Å²) in [5.41, 5.74) is 4.88. The Balaban J connectivity index is 1.59. The second-order valence-electron chi connectivity index (χ2n) is 8.08. The van der Waals surface area contributed by atoms with E-state index < -0.39 is 6.10 Å². The maximum atomic E-state index is 12.8. The van der Waals surface area contributed by atoms with Crippen LogP contribution < -0.4 is 10.1 Å². The van der Waals surface area contributed by atoms with Gasteiger partial charge in [0, 0.05) is 13.1 Å². The van der Waals surface area contributed by atoms with Crippen molar-refractivity contribution in [3.63, 3.8) is 0 Å². The minimum atomic E-state index is -0.480. The maximum absolute atomic E-state index is 12.8. The first kappa shape index (κ1) is 21.4. The summed E-state index contributed by atoms with van der Waals surface area (Å²) >= 11 is 0. The van der Waals surface area contributed by atoms with Crippen molar-refractivity contribution in [1.82, 2.24) is 10.2 Å². The zero-order chi connectivity index (χ0) is 20.6. The van der Waals surface area contributed by atoms with E-state index in [1.54, 1.807) is 0 Å².